The number of nitrogens with one attached hydrogen (secondary N) is 2. The van der Waals surface area contributed by atoms with Gasteiger partial charge in [0.2, 0.25) is 0 Å². The second-order valence-corrected chi connectivity index (χ2v) is 6.16. The average Bonchev–Trinajstić information content (AvgIpc) is 2.70. The second-order valence-electron chi connectivity index (χ2n) is 5.75. The van der Waals surface area contributed by atoms with E-state index in [1.54, 1.807) is 0 Å². The quantitative estimate of drug-likeness (QED) is 0.289. The normalized spacial score (nSPS) is 11.0. The maximum absolute atomic E-state index is 12.6. The van der Waals surface area contributed by atoms with Gasteiger partial charge >= 0.3 is 12.1 Å². The van der Waals surface area contributed by atoms with E-state index in [2.05, 4.69) is 20.4 Å². The van der Waals surface area contributed by atoms with Crippen LogP contribution in [0.4, 0.5) is 24.7 Å². The van der Waals surface area contributed by atoms with Crippen LogP contribution in [-0.4, -0.2) is 42.0 Å². The van der Waals surface area contributed by atoms with Crippen LogP contribution < -0.4 is 10.6 Å². The minimum atomic E-state index is -4.58. The van der Waals surface area contributed by atoms with Crippen molar-refractivity contribution in [3.05, 3.63) is 62.3 Å². The Bertz CT molecular complexity index is 984. The highest BCUT2D eigenvalue weighted by Crippen LogP contribution is 2.32. The Hall–Kier alpha value is -3.41. The first kappa shape index (κ1) is 22.9. The Balaban J connectivity index is 2.00. The molecule has 160 valence electrons. The molecule has 0 aliphatic carbocycles. The van der Waals surface area contributed by atoms with Crippen LogP contribution in [0.5, 0.6) is 0 Å². The minimum Gasteiger partial charge on any atom is -0.465 e. The van der Waals surface area contributed by atoms with E-state index < -0.39 is 34.2 Å². The van der Waals surface area contributed by atoms with Crippen LogP contribution >= 0.6 is 11.6 Å². The summed E-state index contributed by atoms with van der Waals surface area (Å²) in [4.78, 5) is 37.7. The van der Waals surface area contributed by atoms with Crippen LogP contribution in [0.1, 0.15) is 26.3 Å². The van der Waals surface area contributed by atoms with Gasteiger partial charge in [0.25, 0.3) is 11.6 Å². The molecule has 13 heteroatoms. The minimum absolute atomic E-state index is 0.0118. The van der Waals surface area contributed by atoms with Gasteiger partial charge in [-0.15, -0.1) is 0 Å². The highest BCUT2D eigenvalue weighted by molar-refractivity contribution is 6.32. The zero-order valence-electron chi connectivity index (χ0n) is 15.2. The van der Waals surface area contributed by atoms with Crippen molar-refractivity contribution < 1.29 is 32.4 Å². The van der Waals surface area contributed by atoms with Crippen molar-refractivity contribution in [3.8, 4) is 0 Å². The number of hydrogen-bond acceptors (Lipinski definition) is 7. The zero-order chi connectivity index (χ0) is 22.5. The number of carbonyl (C=O) groups is 2. The lowest BCUT2D eigenvalue weighted by molar-refractivity contribution is -0.384. The number of ether oxygens (including phenoxy) is 1. The molecule has 2 aromatic rings. The van der Waals surface area contributed by atoms with Crippen LogP contribution in [0.25, 0.3) is 0 Å². The summed E-state index contributed by atoms with van der Waals surface area (Å²) in [6.07, 6.45) is -3.96. The maximum Gasteiger partial charge on any atom is 0.417 e. The van der Waals surface area contributed by atoms with Crippen molar-refractivity contribution in [1.29, 1.82) is 0 Å². The number of amides is 1. The molecule has 1 aromatic heterocycles. The lowest BCUT2D eigenvalue weighted by Gasteiger charge is -2.11. The van der Waals surface area contributed by atoms with Crippen LogP contribution in [-0.2, 0) is 10.9 Å². The molecular formula is C17H14ClF3N4O5. The number of nitrogens with zero attached hydrogens (tertiary/aromatic N) is 2. The Kier molecular flexibility index (Phi) is 7.16. The van der Waals surface area contributed by atoms with E-state index in [9.17, 15) is 32.9 Å². The van der Waals surface area contributed by atoms with E-state index in [0.29, 0.717) is 12.3 Å². The molecule has 0 saturated carbocycles. The summed E-state index contributed by atoms with van der Waals surface area (Å²) in [5.74, 6) is -1.57. The Morgan fingerprint density at radius 3 is 2.43 bits per heavy atom. The van der Waals surface area contributed by atoms with Crippen molar-refractivity contribution in [3.63, 3.8) is 0 Å². The number of aromatic nitrogens is 1. The number of esters is 1. The van der Waals surface area contributed by atoms with E-state index in [-0.39, 0.29) is 35.1 Å². The van der Waals surface area contributed by atoms with Gasteiger partial charge in [0, 0.05) is 37.0 Å². The monoisotopic (exact) mass is 446 g/mol. The predicted octanol–water partition coefficient (Wildman–Crippen LogP) is 3.29. The van der Waals surface area contributed by atoms with Gasteiger partial charge in [-0.05, 0) is 12.1 Å². The average molecular weight is 447 g/mol. The summed E-state index contributed by atoms with van der Waals surface area (Å²) in [6.45, 7) is 0.0245. The SMILES string of the molecule is COC(=O)c1cc(C(=O)NCCNc2ncc(C(F)(F)F)cc2Cl)cc([N+](=O)[O-])c1. The summed E-state index contributed by atoms with van der Waals surface area (Å²) < 4.78 is 42.3. The molecule has 9 nitrogen and oxygen atoms in total. The molecule has 0 bridgehead atoms. The molecular weight excluding hydrogens is 433 g/mol. The summed E-state index contributed by atoms with van der Waals surface area (Å²) >= 11 is 5.76. The smallest absolute Gasteiger partial charge is 0.417 e. The molecule has 0 radical (unpaired) electrons. The molecule has 0 aliphatic rings. The van der Waals surface area contributed by atoms with Crippen LogP contribution in [0.2, 0.25) is 5.02 Å². The third kappa shape index (κ3) is 5.80. The summed E-state index contributed by atoms with van der Waals surface area (Å²) in [7, 11) is 1.09. The fourth-order valence-corrected chi connectivity index (χ4v) is 2.50. The maximum atomic E-state index is 12.6. The first-order valence-electron chi connectivity index (χ1n) is 8.15. The van der Waals surface area contributed by atoms with Gasteiger partial charge in [-0.1, -0.05) is 11.6 Å². The van der Waals surface area contributed by atoms with Crippen molar-refractivity contribution >= 4 is 35.0 Å². The van der Waals surface area contributed by atoms with Crippen molar-refractivity contribution in [2.45, 2.75) is 6.18 Å². The fourth-order valence-electron chi connectivity index (χ4n) is 2.27. The standard InChI is InChI=1S/C17H14ClF3N4O5/c1-30-16(27)10-4-9(5-12(6-10)25(28)29)15(26)23-3-2-22-14-13(18)7-11(8-24-14)17(19,20)21/h4-8H,2-3H2,1H3,(H,22,24)(H,23,26). The van der Waals surface area contributed by atoms with Crippen molar-refractivity contribution in [2.75, 3.05) is 25.5 Å². The lowest BCUT2D eigenvalue weighted by Crippen LogP contribution is -2.29. The molecule has 2 rings (SSSR count). The molecule has 0 spiro atoms. The van der Waals surface area contributed by atoms with Gasteiger partial charge in [0.15, 0.2) is 0 Å². The molecule has 0 fully saturated rings. The molecule has 0 atom stereocenters. The number of pyridine rings is 1. The molecule has 0 saturated heterocycles. The van der Waals surface area contributed by atoms with E-state index in [1.165, 1.54) is 0 Å². The summed E-state index contributed by atoms with van der Waals surface area (Å²) in [5, 5.41) is 15.9. The summed E-state index contributed by atoms with van der Waals surface area (Å²) in [6, 6.07) is 3.81. The zero-order valence-corrected chi connectivity index (χ0v) is 16.0. The van der Waals surface area contributed by atoms with Crippen molar-refractivity contribution in [2.24, 2.45) is 0 Å². The highest BCUT2D eigenvalue weighted by atomic mass is 35.5. The largest absolute Gasteiger partial charge is 0.465 e. The number of halogens is 4. The number of alkyl halides is 3. The Morgan fingerprint density at radius 1 is 1.20 bits per heavy atom. The molecule has 0 unspecified atom stereocenters. The Morgan fingerprint density at radius 2 is 1.87 bits per heavy atom. The number of nitro benzene ring substituents is 1. The first-order valence-corrected chi connectivity index (χ1v) is 8.53. The number of non-ortho nitro benzene ring substituents is 1. The summed E-state index contributed by atoms with van der Waals surface area (Å²) in [5.41, 5.74) is -1.79. The molecule has 2 N–H and O–H groups in total. The topological polar surface area (TPSA) is 123 Å². The third-order valence-corrected chi connectivity index (χ3v) is 3.97. The molecule has 1 heterocycles. The van der Waals surface area contributed by atoms with Crippen molar-refractivity contribution in [1.82, 2.24) is 10.3 Å². The number of rotatable bonds is 7. The molecule has 1 amide bonds. The number of methoxy groups -OCH3 is 1. The van der Waals surface area contributed by atoms with Gasteiger partial charge in [-0.3, -0.25) is 14.9 Å². The number of nitro groups is 1. The fraction of sp³-hybridized carbons (Fsp3) is 0.235. The number of benzene rings is 1. The number of hydrogen-bond donors (Lipinski definition) is 2. The van der Waals surface area contributed by atoms with E-state index in [0.717, 1.165) is 25.3 Å². The van der Waals surface area contributed by atoms with Gasteiger partial charge in [0.1, 0.15) is 5.82 Å². The first-order chi connectivity index (χ1) is 14.0. The lowest BCUT2D eigenvalue weighted by atomic mass is 10.1. The predicted molar refractivity (Wildman–Crippen MR) is 99.5 cm³/mol. The second kappa shape index (κ2) is 9.39. The number of anilines is 1. The number of carbonyl (C=O) groups excluding carboxylic acids is 2. The molecule has 0 aliphatic heterocycles. The Labute approximate surface area is 172 Å². The van der Waals surface area contributed by atoms with Crippen LogP contribution in [0.3, 0.4) is 0 Å². The van der Waals surface area contributed by atoms with E-state index in [4.69, 9.17) is 11.6 Å². The highest BCUT2D eigenvalue weighted by Gasteiger charge is 2.31. The van der Waals surface area contributed by atoms with Crippen LogP contribution in [0.15, 0.2) is 30.5 Å². The molecule has 30 heavy (non-hydrogen) atoms. The van der Waals surface area contributed by atoms with Gasteiger partial charge in [-0.25, -0.2) is 9.78 Å². The van der Waals surface area contributed by atoms with E-state index in [1.807, 2.05) is 0 Å². The van der Waals surface area contributed by atoms with Crippen LogP contribution in [0, 0.1) is 10.1 Å². The van der Waals surface area contributed by atoms with E-state index >= 15 is 0 Å². The third-order valence-electron chi connectivity index (χ3n) is 3.68. The van der Waals surface area contributed by atoms with Gasteiger partial charge < -0.3 is 15.4 Å². The van der Waals surface area contributed by atoms with Gasteiger partial charge in [-0.2, -0.15) is 13.2 Å². The van der Waals surface area contributed by atoms with Gasteiger partial charge in [0.05, 0.1) is 28.2 Å². The molecule has 1 aromatic carbocycles.